The molecule has 0 aliphatic heterocycles. The van der Waals surface area contributed by atoms with Gasteiger partial charge in [-0.15, -0.1) is 0 Å². The van der Waals surface area contributed by atoms with Gasteiger partial charge in [0.15, 0.2) is 0 Å². The summed E-state index contributed by atoms with van der Waals surface area (Å²) >= 11 is 0. The molecule has 0 rings (SSSR count). The van der Waals surface area contributed by atoms with E-state index < -0.39 is 5.97 Å². The Bertz CT molecular complexity index is 164. The second kappa shape index (κ2) is 12.1. The van der Waals surface area contributed by atoms with Gasteiger partial charge < -0.3 is 20.6 Å². The number of carboxylic acid groups (broad SMARTS) is 1. The number of carbonyl (C=O) groups is 1. The molecule has 0 saturated heterocycles. The van der Waals surface area contributed by atoms with Gasteiger partial charge in [-0.2, -0.15) is 0 Å². The van der Waals surface area contributed by atoms with Crippen molar-refractivity contribution in [2.45, 2.75) is 13.8 Å². The first-order valence-electron chi connectivity index (χ1n) is 4.38. The minimum absolute atomic E-state index is 0.139. The maximum atomic E-state index is 9.86. The summed E-state index contributed by atoms with van der Waals surface area (Å²) in [6, 6.07) is 0. The highest BCUT2D eigenvalue weighted by Crippen LogP contribution is 1.87. The van der Waals surface area contributed by atoms with Crippen LogP contribution < -0.4 is 5.32 Å². The molecule has 4 N–H and O–H groups in total. The van der Waals surface area contributed by atoms with E-state index in [0.717, 1.165) is 0 Å². The zero-order valence-electron chi connectivity index (χ0n) is 8.66. The molecule has 0 unspecified atom stereocenters. The first-order valence-corrected chi connectivity index (χ1v) is 4.38. The van der Waals surface area contributed by atoms with E-state index in [1.807, 2.05) is 0 Å². The number of rotatable bonds is 5. The number of carboxylic acids is 1. The SMILES string of the molecule is CC=C(C)C(=O)O.OCCNCCO. The lowest BCUT2D eigenvalue weighted by Crippen LogP contribution is -2.21. The smallest absolute Gasteiger partial charge is 0.330 e. The Morgan fingerprint density at radius 3 is 1.86 bits per heavy atom. The maximum Gasteiger partial charge on any atom is 0.330 e. The second-order valence-corrected chi connectivity index (χ2v) is 2.47. The lowest BCUT2D eigenvalue weighted by Gasteiger charge is -1.94. The highest BCUT2D eigenvalue weighted by atomic mass is 16.4. The van der Waals surface area contributed by atoms with E-state index in [1.165, 1.54) is 0 Å². The van der Waals surface area contributed by atoms with Gasteiger partial charge in [-0.25, -0.2) is 4.79 Å². The molecule has 0 spiro atoms. The molecular formula is C9H19NO4. The molecule has 0 aliphatic rings. The average Bonchev–Trinajstić information content (AvgIpc) is 2.18. The normalized spacial score (nSPS) is 10.4. The fraction of sp³-hybridized carbons (Fsp3) is 0.667. The van der Waals surface area contributed by atoms with Crippen molar-refractivity contribution in [3.63, 3.8) is 0 Å². The minimum atomic E-state index is -0.845. The van der Waals surface area contributed by atoms with Gasteiger partial charge in [-0.1, -0.05) is 6.08 Å². The van der Waals surface area contributed by atoms with Gasteiger partial charge >= 0.3 is 5.97 Å². The van der Waals surface area contributed by atoms with E-state index in [1.54, 1.807) is 19.9 Å². The first-order chi connectivity index (χ1) is 6.59. The van der Waals surface area contributed by atoms with Gasteiger partial charge in [0.05, 0.1) is 13.2 Å². The molecule has 0 aromatic heterocycles. The zero-order valence-corrected chi connectivity index (χ0v) is 8.66. The summed E-state index contributed by atoms with van der Waals surface area (Å²) in [5.74, 6) is -0.845. The van der Waals surface area contributed by atoms with Crippen molar-refractivity contribution in [2.75, 3.05) is 26.3 Å². The molecule has 0 bridgehead atoms. The maximum absolute atomic E-state index is 9.86. The van der Waals surface area contributed by atoms with Crippen LogP contribution in [0.4, 0.5) is 0 Å². The molecule has 0 aromatic rings. The van der Waals surface area contributed by atoms with Crippen LogP contribution in [0.15, 0.2) is 11.6 Å². The molecule has 84 valence electrons. The Morgan fingerprint density at radius 1 is 1.29 bits per heavy atom. The Balaban J connectivity index is 0. The predicted molar refractivity (Wildman–Crippen MR) is 54.1 cm³/mol. The van der Waals surface area contributed by atoms with Gasteiger partial charge in [0.2, 0.25) is 0 Å². The Kier molecular flexibility index (Phi) is 13.4. The summed E-state index contributed by atoms with van der Waals surface area (Å²) < 4.78 is 0. The first kappa shape index (κ1) is 15.6. The molecule has 0 atom stereocenters. The van der Waals surface area contributed by atoms with Crippen LogP contribution in [-0.4, -0.2) is 47.6 Å². The van der Waals surface area contributed by atoms with Crippen LogP contribution in [0.5, 0.6) is 0 Å². The monoisotopic (exact) mass is 205 g/mol. The van der Waals surface area contributed by atoms with E-state index in [9.17, 15) is 4.79 Å². The lowest BCUT2D eigenvalue weighted by molar-refractivity contribution is -0.132. The summed E-state index contributed by atoms with van der Waals surface area (Å²) in [6.45, 7) is 4.67. The van der Waals surface area contributed by atoms with Crippen LogP contribution in [0.25, 0.3) is 0 Å². The Morgan fingerprint density at radius 2 is 1.71 bits per heavy atom. The molecule has 0 fully saturated rings. The average molecular weight is 205 g/mol. The molecule has 0 amide bonds. The minimum Gasteiger partial charge on any atom is -0.478 e. The number of allylic oxidation sites excluding steroid dienone is 1. The van der Waals surface area contributed by atoms with Gasteiger partial charge in [0.1, 0.15) is 0 Å². The van der Waals surface area contributed by atoms with Crippen LogP contribution in [0.3, 0.4) is 0 Å². The fourth-order valence-electron chi connectivity index (χ4n) is 0.407. The number of hydrogen-bond acceptors (Lipinski definition) is 4. The Hall–Kier alpha value is -0.910. The standard InChI is InChI=1S/C5H8O2.C4H11NO2/c1-3-4(2)5(6)7;6-3-1-5-2-4-7/h3H,1-2H3,(H,6,7);5-7H,1-4H2. The molecule has 0 aromatic carbocycles. The van der Waals surface area contributed by atoms with Crippen LogP contribution in [-0.2, 0) is 4.79 Å². The van der Waals surface area contributed by atoms with E-state index in [-0.39, 0.29) is 13.2 Å². The zero-order chi connectivity index (χ0) is 11.4. The van der Waals surface area contributed by atoms with Gasteiger partial charge in [0, 0.05) is 18.7 Å². The van der Waals surface area contributed by atoms with Gasteiger partial charge in [-0.3, -0.25) is 0 Å². The quantitative estimate of drug-likeness (QED) is 0.362. The van der Waals surface area contributed by atoms with E-state index >= 15 is 0 Å². The number of aliphatic hydroxyl groups is 2. The second-order valence-electron chi connectivity index (χ2n) is 2.47. The van der Waals surface area contributed by atoms with Crippen molar-refractivity contribution in [3.8, 4) is 0 Å². The molecule has 0 radical (unpaired) electrons. The largest absolute Gasteiger partial charge is 0.478 e. The summed E-state index contributed by atoms with van der Waals surface area (Å²) in [5.41, 5.74) is 0.389. The highest BCUT2D eigenvalue weighted by Gasteiger charge is 1.93. The topological polar surface area (TPSA) is 89.8 Å². The van der Waals surface area contributed by atoms with E-state index in [2.05, 4.69) is 5.32 Å². The molecule has 0 saturated carbocycles. The molecular weight excluding hydrogens is 186 g/mol. The number of hydrogen-bond donors (Lipinski definition) is 4. The van der Waals surface area contributed by atoms with Crippen molar-refractivity contribution in [1.29, 1.82) is 0 Å². The molecule has 5 nitrogen and oxygen atoms in total. The van der Waals surface area contributed by atoms with E-state index in [4.69, 9.17) is 15.3 Å². The summed E-state index contributed by atoms with van der Waals surface area (Å²) in [6.07, 6.45) is 1.56. The van der Waals surface area contributed by atoms with Crippen LogP contribution in [0.1, 0.15) is 13.8 Å². The van der Waals surface area contributed by atoms with Crippen molar-refractivity contribution >= 4 is 5.97 Å². The number of nitrogens with one attached hydrogen (secondary N) is 1. The van der Waals surface area contributed by atoms with Crippen molar-refractivity contribution in [2.24, 2.45) is 0 Å². The molecule has 0 heterocycles. The van der Waals surface area contributed by atoms with Crippen LogP contribution in [0, 0.1) is 0 Å². The number of aliphatic carboxylic acids is 1. The van der Waals surface area contributed by atoms with Gasteiger partial charge in [0.25, 0.3) is 0 Å². The fourth-order valence-corrected chi connectivity index (χ4v) is 0.407. The molecule has 0 aliphatic carbocycles. The van der Waals surface area contributed by atoms with E-state index in [0.29, 0.717) is 18.7 Å². The molecule has 14 heavy (non-hydrogen) atoms. The summed E-state index contributed by atoms with van der Waals surface area (Å²) in [5, 5.41) is 27.2. The van der Waals surface area contributed by atoms with Gasteiger partial charge in [-0.05, 0) is 13.8 Å². The third-order valence-corrected chi connectivity index (χ3v) is 1.35. The van der Waals surface area contributed by atoms with Crippen LogP contribution >= 0.6 is 0 Å². The van der Waals surface area contributed by atoms with Crippen molar-refractivity contribution in [3.05, 3.63) is 11.6 Å². The Labute approximate surface area is 84.1 Å². The summed E-state index contributed by atoms with van der Waals surface area (Å²) in [4.78, 5) is 9.86. The van der Waals surface area contributed by atoms with Crippen molar-refractivity contribution in [1.82, 2.24) is 5.32 Å². The lowest BCUT2D eigenvalue weighted by atomic mass is 10.3. The third kappa shape index (κ3) is 13.7. The number of aliphatic hydroxyl groups excluding tert-OH is 2. The van der Waals surface area contributed by atoms with Crippen LogP contribution in [0.2, 0.25) is 0 Å². The summed E-state index contributed by atoms with van der Waals surface area (Å²) in [7, 11) is 0. The predicted octanol–water partition coefficient (Wildman–Crippen LogP) is -0.402. The molecule has 5 heteroatoms. The third-order valence-electron chi connectivity index (χ3n) is 1.35. The highest BCUT2D eigenvalue weighted by molar-refractivity contribution is 5.85. The van der Waals surface area contributed by atoms with Crippen molar-refractivity contribution < 1.29 is 20.1 Å².